The zero-order valence-electron chi connectivity index (χ0n) is 6.92. The van der Waals surface area contributed by atoms with Crippen molar-refractivity contribution >= 4 is 26.8 Å². The van der Waals surface area contributed by atoms with Gasteiger partial charge >= 0.3 is 0 Å². The predicted octanol–water partition coefficient (Wildman–Crippen LogP) is 3.42. The fourth-order valence-electron chi connectivity index (χ4n) is 1.45. The number of nitrogens with zero attached hydrogens (tertiary/aromatic N) is 1. The largest absolute Gasteiger partial charge is 0.348 e. The van der Waals surface area contributed by atoms with Crippen LogP contribution in [0.1, 0.15) is 6.92 Å². The average Bonchev–Trinajstić information content (AvgIpc) is 2.46. The molecule has 2 aromatic rings. The summed E-state index contributed by atoms with van der Waals surface area (Å²) < 4.78 is 3.38. The van der Waals surface area contributed by atoms with Gasteiger partial charge in [-0.2, -0.15) is 0 Å². The van der Waals surface area contributed by atoms with Gasteiger partial charge in [0.2, 0.25) is 0 Å². The molecule has 2 rings (SSSR count). The van der Waals surface area contributed by atoms with Crippen molar-refractivity contribution in [3.63, 3.8) is 0 Å². The Bertz CT molecular complexity index is 403. The van der Waals surface area contributed by atoms with Gasteiger partial charge in [0.1, 0.15) is 0 Å². The minimum Gasteiger partial charge on any atom is -0.348 e. The number of hydrogen-bond acceptors (Lipinski definition) is 0. The summed E-state index contributed by atoms with van der Waals surface area (Å²) >= 11 is 3.45. The molecule has 0 N–H and O–H groups in total. The molecular formula is C10H10BrN. The molecule has 0 aliphatic heterocycles. The van der Waals surface area contributed by atoms with Gasteiger partial charge in [-0.1, -0.05) is 15.9 Å². The first kappa shape index (κ1) is 7.87. The van der Waals surface area contributed by atoms with Crippen molar-refractivity contribution in [3.05, 3.63) is 34.9 Å². The number of aryl methyl sites for hydroxylation is 1. The van der Waals surface area contributed by atoms with Crippen LogP contribution in [-0.2, 0) is 6.54 Å². The van der Waals surface area contributed by atoms with Crippen molar-refractivity contribution in [3.8, 4) is 0 Å². The molecule has 1 heterocycles. The summed E-state index contributed by atoms with van der Waals surface area (Å²) in [6.45, 7) is 3.19. The van der Waals surface area contributed by atoms with Crippen LogP contribution in [0.15, 0.2) is 34.9 Å². The molecule has 0 aliphatic rings. The molecule has 0 radical (unpaired) electrons. The smallest absolute Gasteiger partial charge is 0.0480 e. The third-order valence-corrected chi connectivity index (χ3v) is 2.57. The highest BCUT2D eigenvalue weighted by molar-refractivity contribution is 9.10. The quantitative estimate of drug-likeness (QED) is 0.699. The van der Waals surface area contributed by atoms with Crippen molar-refractivity contribution in [1.29, 1.82) is 0 Å². The zero-order chi connectivity index (χ0) is 8.55. The maximum absolute atomic E-state index is 3.45. The second-order valence-corrected chi connectivity index (χ2v) is 3.72. The van der Waals surface area contributed by atoms with E-state index in [1.807, 2.05) is 0 Å². The van der Waals surface area contributed by atoms with Gasteiger partial charge in [-0.3, -0.25) is 0 Å². The Hall–Kier alpha value is -0.760. The van der Waals surface area contributed by atoms with E-state index in [1.54, 1.807) is 0 Å². The van der Waals surface area contributed by atoms with Crippen LogP contribution in [0, 0.1) is 0 Å². The van der Waals surface area contributed by atoms with Crippen LogP contribution < -0.4 is 0 Å². The molecule has 1 nitrogen and oxygen atoms in total. The number of rotatable bonds is 1. The lowest BCUT2D eigenvalue weighted by molar-refractivity contribution is 0.797. The van der Waals surface area contributed by atoms with E-state index in [2.05, 4.69) is 57.9 Å². The molecular weight excluding hydrogens is 214 g/mol. The van der Waals surface area contributed by atoms with Gasteiger partial charge in [-0.15, -0.1) is 0 Å². The summed E-state index contributed by atoms with van der Waals surface area (Å²) in [5.74, 6) is 0. The molecule has 1 aromatic carbocycles. The minimum absolute atomic E-state index is 1.03. The lowest BCUT2D eigenvalue weighted by atomic mass is 10.2. The van der Waals surface area contributed by atoms with Gasteiger partial charge in [0.05, 0.1) is 0 Å². The van der Waals surface area contributed by atoms with E-state index >= 15 is 0 Å². The molecule has 0 amide bonds. The summed E-state index contributed by atoms with van der Waals surface area (Å²) in [5.41, 5.74) is 1.31. The van der Waals surface area contributed by atoms with Crippen molar-refractivity contribution in [2.75, 3.05) is 0 Å². The van der Waals surface area contributed by atoms with Crippen LogP contribution in [0.3, 0.4) is 0 Å². The van der Waals surface area contributed by atoms with Crippen molar-refractivity contribution in [1.82, 2.24) is 4.57 Å². The molecule has 0 fully saturated rings. The molecule has 12 heavy (non-hydrogen) atoms. The molecule has 0 saturated heterocycles. The van der Waals surface area contributed by atoms with Crippen LogP contribution >= 0.6 is 15.9 Å². The summed E-state index contributed by atoms with van der Waals surface area (Å²) in [4.78, 5) is 0. The molecule has 0 unspecified atom stereocenters. The second-order valence-electron chi connectivity index (χ2n) is 2.80. The summed E-state index contributed by atoms with van der Waals surface area (Å²) in [6, 6.07) is 8.50. The molecule has 0 bridgehead atoms. The van der Waals surface area contributed by atoms with Crippen molar-refractivity contribution in [2.24, 2.45) is 0 Å². The minimum atomic E-state index is 1.03. The number of benzene rings is 1. The van der Waals surface area contributed by atoms with Gasteiger partial charge in [-0.05, 0) is 31.2 Å². The Morgan fingerprint density at radius 3 is 2.92 bits per heavy atom. The summed E-state index contributed by atoms with van der Waals surface area (Å²) in [6.07, 6.45) is 2.12. The molecule has 62 valence electrons. The standard InChI is InChI=1S/C10H10BrN/c1-2-12-6-5-8-7-9(11)3-4-10(8)12/h3-7H,2H2,1H3. The van der Waals surface area contributed by atoms with Gasteiger partial charge in [0.15, 0.2) is 0 Å². The van der Waals surface area contributed by atoms with E-state index in [0.717, 1.165) is 11.0 Å². The SMILES string of the molecule is CCn1ccc2cc(Br)ccc21. The summed E-state index contributed by atoms with van der Waals surface area (Å²) in [7, 11) is 0. The van der Waals surface area contributed by atoms with Crippen LogP contribution in [-0.4, -0.2) is 4.57 Å². The Labute approximate surface area is 80.1 Å². The lowest BCUT2D eigenvalue weighted by Crippen LogP contribution is -1.89. The van der Waals surface area contributed by atoms with E-state index in [-0.39, 0.29) is 0 Å². The van der Waals surface area contributed by atoms with Gasteiger partial charge in [0, 0.05) is 28.1 Å². The van der Waals surface area contributed by atoms with Gasteiger partial charge in [0.25, 0.3) is 0 Å². The highest BCUT2D eigenvalue weighted by atomic mass is 79.9. The highest BCUT2D eigenvalue weighted by Gasteiger charge is 1.98. The second kappa shape index (κ2) is 2.94. The van der Waals surface area contributed by atoms with Crippen molar-refractivity contribution < 1.29 is 0 Å². The predicted molar refractivity (Wildman–Crippen MR) is 55.3 cm³/mol. The first-order valence-electron chi connectivity index (χ1n) is 4.05. The molecule has 0 saturated carbocycles. The normalized spacial score (nSPS) is 10.8. The monoisotopic (exact) mass is 223 g/mol. The zero-order valence-corrected chi connectivity index (χ0v) is 8.51. The van der Waals surface area contributed by atoms with Crippen LogP contribution in [0.4, 0.5) is 0 Å². The number of halogens is 1. The topological polar surface area (TPSA) is 4.93 Å². The van der Waals surface area contributed by atoms with Gasteiger partial charge < -0.3 is 4.57 Å². The molecule has 2 heteroatoms. The first-order valence-corrected chi connectivity index (χ1v) is 4.85. The van der Waals surface area contributed by atoms with E-state index in [4.69, 9.17) is 0 Å². The number of hydrogen-bond donors (Lipinski definition) is 0. The Balaban J connectivity index is 2.73. The third-order valence-electron chi connectivity index (χ3n) is 2.07. The number of aromatic nitrogens is 1. The molecule has 1 aromatic heterocycles. The van der Waals surface area contributed by atoms with E-state index in [9.17, 15) is 0 Å². The summed E-state index contributed by atoms with van der Waals surface area (Å²) in [5, 5.41) is 1.30. The molecule has 0 atom stereocenters. The molecule has 0 aliphatic carbocycles. The third kappa shape index (κ3) is 1.16. The van der Waals surface area contributed by atoms with Crippen LogP contribution in [0.25, 0.3) is 10.9 Å². The van der Waals surface area contributed by atoms with E-state index in [1.165, 1.54) is 10.9 Å². The maximum atomic E-state index is 3.45. The van der Waals surface area contributed by atoms with Gasteiger partial charge in [-0.25, -0.2) is 0 Å². The Morgan fingerprint density at radius 2 is 2.17 bits per heavy atom. The van der Waals surface area contributed by atoms with Crippen LogP contribution in [0.2, 0.25) is 0 Å². The van der Waals surface area contributed by atoms with Crippen LogP contribution in [0.5, 0.6) is 0 Å². The van der Waals surface area contributed by atoms with Crippen molar-refractivity contribution in [2.45, 2.75) is 13.5 Å². The maximum Gasteiger partial charge on any atom is 0.0480 e. The molecule has 0 spiro atoms. The Morgan fingerprint density at radius 1 is 1.33 bits per heavy atom. The van der Waals surface area contributed by atoms with E-state index in [0.29, 0.717) is 0 Å². The lowest BCUT2D eigenvalue weighted by Gasteiger charge is -1.99. The van der Waals surface area contributed by atoms with E-state index < -0.39 is 0 Å². The average molecular weight is 224 g/mol. The highest BCUT2D eigenvalue weighted by Crippen LogP contribution is 2.20. The number of fused-ring (bicyclic) bond motifs is 1. The fraction of sp³-hybridized carbons (Fsp3) is 0.200. The first-order chi connectivity index (χ1) is 5.81. The fourth-order valence-corrected chi connectivity index (χ4v) is 1.83. The Kier molecular flexibility index (Phi) is 1.93.